The van der Waals surface area contributed by atoms with E-state index in [9.17, 15) is 9.90 Å². The highest BCUT2D eigenvalue weighted by Gasteiger charge is 2.19. The minimum atomic E-state index is -0.216. The van der Waals surface area contributed by atoms with Crippen LogP contribution < -0.4 is 0 Å². The number of nitrogens with zero attached hydrogens (tertiary/aromatic N) is 4. The predicted molar refractivity (Wildman–Crippen MR) is 91.4 cm³/mol. The lowest BCUT2D eigenvalue weighted by Crippen LogP contribution is -2.33. The number of hydrogen-bond acceptors (Lipinski definition) is 6. The first-order valence-electron chi connectivity index (χ1n) is 7.45. The maximum absolute atomic E-state index is 12.7. The molecule has 7 heteroatoms. The number of amides is 1. The first kappa shape index (κ1) is 16.2. The zero-order valence-corrected chi connectivity index (χ0v) is 13.7. The highest BCUT2D eigenvalue weighted by molar-refractivity contribution is 7.13. The topological polar surface area (TPSA) is 79.2 Å². The molecule has 0 aliphatic rings. The molecule has 0 saturated carbocycles. The Bertz CT molecular complexity index is 793. The lowest BCUT2D eigenvalue weighted by Gasteiger charge is -2.20. The van der Waals surface area contributed by atoms with Gasteiger partial charge in [0.25, 0.3) is 5.91 Å². The molecule has 0 aliphatic heterocycles. The van der Waals surface area contributed by atoms with Crippen molar-refractivity contribution in [1.82, 2.24) is 19.9 Å². The van der Waals surface area contributed by atoms with E-state index in [0.29, 0.717) is 23.1 Å². The number of benzene rings is 1. The van der Waals surface area contributed by atoms with Crippen LogP contribution in [0.2, 0.25) is 0 Å². The Labute approximate surface area is 143 Å². The number of aliphatic hydroxyl groups excluding tert-OH is 1. The molecule has 0 spiro atoms. The molecule has 122 valence electrons. The maximum Gasteiger partial charge on any atom is 0.273 e. The van der Waals surface area contributed by atoms with Gasteiger partial charge in [-0.3, -0.25) is 4.79 Å². The smallest absolute Gasteiger partial charge is 0.273 e. The summed E-state index contributed by atoms with van der Waals surface area (Å²) in [5, 5.41) is 11.6. The van der Waals surface area contributed by atoms with Gasteiger partial charge in [-0.05, 0) is 11.6 Å². The summed E-state index contributed by atoms with van der Waals surface area (Å²) in [7, 11) is 0. The van der Waals surface area contributed by atoms with E-state index in [1.807, 2.05) is 30.3 Å². The average molecular weight is 340 g/mol. The van der Waals surface area contributed by atoms with E-state index >= 15 is 0 Å². The summed E-state index contributed by atoms with van der Waals surface area (Å²) in [6, 6.07) is 11.4. The summed E-state index contributed by atoms with van der Waals surface area (Å²) in [5.74, 6) is 0.282. The fourth-order valence-electron chi connectivity index (χ4n) is 2.22. The molecule has 0 fully saturated rings. The Hall–Kier alpha value is -2.64. The second-order valence-corrected chi connectivity index (χ2v) is 5.90. The lowest BCUT2D eigenvalue weighted by atomic mass is 10.2. The molecule has 0 aliphatic carbocycles. The molecule has 1 amide bonds. The van der Waals surface area contributed by atoms with Gasteiger partial charge in [0.15, 0.2) is 10.8 Å². The number of carbonyl (C=O) groups excluding carboxylic acids is 1. The molecule has 0 bridgehead atoms. The third-order valence-electron chi connectivity index (χ3n) is 3.35. The number of hydrogen-bond donors (Lipinski definition) is 1. The van der Waals surface area contributed by atoms with Crippen molar-refractivity contribution in [3.63, 3.8) is 0 Å². The zero-order chi connectivity index (χ0) is 16.8. The van der Waals surface area contributed by atoms with Crippen LogP contribution in [0.4, 0.5) is 0 Å². The summed E-state index contributed by atoms with van der Waals surface area (Å²) < 4.78 is 0. The minimum Gasteiger partial charge on any atom is -0.395 e. The highest BCUT2D eigenvalue weighted by atomic mass is 32.1. The average Bonchev–Trinajstić information content (AvgIpc) is 3.12. The second kappa shape index (κ2) is 7.76. The van der Waals surface area contributed by atoms with Crippen LogP contribution in [0.1, 0.15) is 16.1 Å². The summed E-state index contributed by atoms with van der Waals surface area (Å²) in [6.45, 7) is 0.578. The fraction of sp³-hybridized carbons (Fsp3) is 0.176. The van der Waals surface area contributed by atoms with Crippen LogP contribution in [0.25, 0.3) is 10.8 Å². The Balaban J connectivity index is 1.79. The molecule has 3 rings (SSSR count). The first-order chi connectivity index (χ1) is 11.8. The fourth-order valence-corrected chi connectivity index (χ4v) is 2.96. The summed E-state index contributed by atoms with van der Waals surface area (Å²) >= 11 is 1.33. The van der Waals surface area contributed by atoms with Gasteiger partial charge in [-0.25, -0.2) is 15.0 Å². The van der Waals surface area contributed by atoms with Crippen molar-refractivity contribution in [2.45, 2.75) is 6.54 Å². The Morgan fingerprint density at radius 3 is 2.58 bits per heavy atom. The maximum atomic E-state index is 12.7. The largest absolute Gasteiger partial charge is 0.395 e. The van der Waals surface area contributed by atoms with Gasteiger partial charge in [0, 0.05) is 30.9 Å². The van der Waals surface area contributed by atoms with Crippen LogP contribution in [0.15, 0.2) is 54.2 Å². The monoisotopic (exact) mass is 340 g/mol. The second-order valence-electron chi connectivity index (χ2n) is 5.05. The van der Waals surface area contributed by atoms with Crippen molar-refractivity contribution in [3.8, 4) is 10.8 Å². The standard InChI is InChI=1S/C17H16N4O2S/c22-10-9-21(11-13-5-2-1-3-6-13)17(23)14-12-24-16(20-14)15-18-7-4-8-19-15/h1-8,12,22H,9-11H2. The molecule has 1 aromatic carbocycles. The third kappa shape index (κ3) is 3.81. The quantitative estimate of drug-likeness (QED) is 0.744. The van der Waals surface area contributed by atoms with Crippen LogP contribution in [0, 0.1) is 0 Å². The molecule has 0 radical (unpaired) electrons. The number of carbonyl (C=O) groups is 1. The van der Waals surface area contributed by atoms with Crippen molar-refractivity contribution >= 4 is 17.2 Å². The minimum absolute atomic E-state index is 0.0998. The molecule has 0 atom stereocenters. The predicted octanol–water partition coefficient (Wildman–Crippen LogP) is 2.23. The van der Waals surface area contributed by atoms with Crippen LogP contribution in [0.5, 0.6) is 0 Å². The van der Waals surface area contributed by atoms with Crippen molar-refractivity contribution in [2.24, 2.45) is 0 Å². The van der Waals surface area contributed by atoms with Crippen LogP contribution >= 0.6 is 11.3 Å². The van der Waals surface area contributed by atoms with Crippen LogP contribution in [-0.2, 0) is 6.54 Å². The normalized spacial score (nSPS) is 10.5. The molecule has 2 aromatic heterocycles. The molecule has 1 N–H and O–H groups in total. The van der Waals surface area contributed by atoms with Gasteiger partial charge in [-0.15, -0.1) is 11.3 Å². The van der Waals surface area contributed by atoms with Crippen molar-refractivity contribution in [1.29, 1.82) is 0 Å². The van der Waals surface area contributed by atoms with Gasteiger partial charge in [0.05, 0.1) is 6.61 Å². The molecule has 0 saturated heterocycles. The van der Waals surface area contributed by atoms with E-state index in [4.69, 9.17) is 0 Å². The first-order valence-corrected chi connectivity index (χ1v) is 8.33. The Kier molecular flexibility index (Phi) is 5.25. The van der Waals surface area contributed by atoms with E-state index in [0.717, 1.165) is 5.56 Å². The van der Waals surface area contributed by atoms with Gasteiger partial charge in [0.2, 0.25) is 0 Å². The summed E-state index contributed by atoms with van der Waals surface area (Å²) in [5.41, 5.74) is 1.34. The SMILES string of the molecule is O=C(c1csc(-c2ncccn2)n1)N(CCO)Cc1ccccc1. The van der Waals surface area contributed by atoms with E-state index in [1.165, 1.54) is 11.3 Å². The van der Waals surface area contributed by atoms with E-state index in [-0.39, 0.29) is 19.1 Å². The molecule has 2 heterocycles. The number of rotatable bonds is 6. The Morgan fingerprint density at radius 1 is 1.12 bits per heavy atom. The number of aliphatic hydroxyl groups is 1. The van der Waals surface area contributed by atoms with Crippen LogP contribution in [-0.4, -0.2) is 44.0 Å². The molecular formula is C17H16N4O2S. The molecule has 6 nitrogen and oxygen atoms in total. The van der Waals surface area contributed by atoms with Crippen molar-refractivity contribution < 1.29 is 9.90 Å². The summed E-state index contributed by atoms with van der Waals surface area (Å²) in [6.07, 6.45) is 3.28. The molecular weight excluding hydrogens is 324 g/mol. The van der Waals surface area contributed by atoms with Gasteiger partial charge in [-0.1, -0.05) is 30.3 Å². The zero-order valence-electron chi connectivity index (χ0n) is 12.9. The third-order valence-corrected chi connectivity index (χ3v) is 4.19. The van der Waals surface area contributed by atoms with E-state index < -0.39 is 0 Å². The molecule has 24 heavy (non-hydrogen) atoms. The van der Waals surface area contributed by atoms with Gasteiger partial charge in [0.1, 0.15) is 5.69 Å². The Morgan fingerprint density at radius 2 is 1.88 bits per heavy atom. The number of aromatic nitrogens is 3. The lowest BCUT2D eigenvalue weighted by molar-refractivity contribution is 0.0703. The van der Waals surface area contributed by atoms with Crippen LogP contribution in [0.3, 0.4) is 0 Å². The van der Waals surface area contributed by atoms with E-state index in [1.54, 1.807) is 28.7 Å². The summed E-state index contributed by atoms with van der Waals surface area (Å²) in [4.78, 5) is 26.9. The molecule has 3 aromatic rings. The highest BCUT2D eigenvalue weighted by Crippen LogP contribution is 2.21. The molecule has 0 unspecified atom stereocenters. The van der Waals surface area contributed by atoms with Gasteiger partial charge in [-0.2, -0.15) is 0 Å². The van der Waals surface area contributed by atoms with Gasteiger partial charge < -0.3 is 10.0 Å². The van der Waals surface area contributed by atoms with E-state index in [2.05, 4.69) is 15.0 Å². The van der Waals surface area contributed by atoms with Gasteiger partial charge >= 0.3 is 0 Å². The van der Waals surface area contributed by atoms with Crippen molar-refractivity contribution in [3.05, 3.63) is 65.4 Å². The number of thiazole rings is 1. The van der Waals surface area contributed by atoms with Crippen molar-refractivity contribution in [2.75, 3.05) is 13.2 Å².